The van der Waals surface area contributed by atoms with Crippen molar-refractivity contribution in [3.63, 3.8) is 0 Å². The number of fused-ring (bicyclic) bond motifs is 7. The molecule has 2 aromatic carbocycles. The number of nitrogens with one attached hydrogen (secondary N) is 1. The van der Waals surface area contributed by atoms with Gasteiger partial charge in [-0.05, 0) is 74.2 Å². The van der Waals surface area contributed by atoms with Crippen molar-refractivity contribution >= 4 is 23.2 Å². The smallest absolute Gasteiger partial charge is 0.298 e. The average Bonchev–Trinajstić information content (AvgIpc) is 3.27. The Kier molecular flexibility index (Phi) is 10.6. The zero-order valence-corrected chi connectivity index (χ0v) is 25.1. The summed E-state index contributed by atoms with van der Waals surface area (Å²) in [4.78, 5) is 28.1. The van der Waals surface area contributed by atoms with Crippen LogP contribution in [0.1, 0.15) is 25.3 Å². The lowest BCUT2D eigenvalue weighted by Crippen LogP contribution is -2.37. The molecule has 5 rings (SSSR count). The molecule has 1 amide bonds. The molecule has 1 saturated heterocycles. The van der Waals surface area contributed by atoms with E-state index >= 15 is 0 Å². The summed E-state index contributed by atoms with van der Waals surface area (Å²) < 4.78 is 11.9. The van der Waals surface area contributed by atoms with Gasteiger partial charge in [0.25, 0.3) is 5.91 Å². The number of amides is 1. The predicted molar refractivity (Wildman–Crippen MR) is 170 cm³/mol. The van der Waals surface area contributed by atoms with Crippen molar-refractivity contribution in [3.8, 4) is 28.8 Å². The van der Waals surface area contributed by atoms with Crippen LogP contribution in [-0.2, 0) is 16.1 Å². The third-order valence-electron chi connectivity index (χ3n) is 7.52. The Bertz CT molecular complexity index is 1480. The number of anilines is 3. The van der Waals surface area contributed by atoms with Gasteiger partial charge in [-0.2, -0.15) is 0 Å². The number of carbonyl (C=O) groups is 1. The van der Waals surface area contributed by atoms with Crippen LogP contribution in [0.25, 0.3) is 11.3 Å². The Labute approximate surface area is 254 Å². The third-order valence-corrected chi connectivity index (χ3v) is 7.52. The van der Waals surface area contributed by atoms with Crippen LogP contribution in [0.15, 0.2) is 66.9 Å². The van der Waals surface area contributed by atoms with Crippen molar-refractivity contribution < 1.29 is 14.3 Å². The Morgan fingerprint density at radius 2 is 2.02 bits per heavy atom. The van der Waals surface area contributed by atoms with E-state index in [1.54, 1.807) is 13.1 Å². The summed E-state index contributed by atoms with van der Waals surface area (Å²) in [7, 11) is 2.11. The van der Waals surface area contributed by atoms with Gasteiger partial charge in [-0.3, -0.25) is 9.69 Å². The minimum Gasteiger partial charge on any atom is -0.493 e. The molecular weight excluding hydrogens is 540 g/mol. The molecule has 0 saturated carbocycles. The number of nitrogens with zero attached hydrogens (tertiary/aromatic N) is 5. The minimum absolute atomic E-state index is 0.0729. The number of rotatable bonds is 4. The SMILES string of the molecule is CC#CC(=O)N1CCCN(CCN(C)c2cc3cc(c2)Nc2nccc(n2)-c2cccc(c2)OCC/C=C/COC3)CC1. The maximum atomic E-state index is 12.2. The molecule has 0 spiro atoms. The van der Waals surface area contributed by atoms with E-state index in [-0.39, 0.29) is 5.91 Å². The molecule has 2 aliphatic rings. The highest BCUT2D eigenvalue weighted by atomic mass is 16.5. The van der Waals surface area contributed by atoms with E-state index in [1.165, 1.54) is 0 Å². The molecule has 3 aromatic rings. The molecule has 224 valence electrons. The lowest BCUT2D eigenvalue weighted by atomic mass is 10.1. The number of hydrogen-bond acceptors (Lipinski definition) is 8. The number of hydrogen-bond donors (Lipinski definition) is 1. The van der Waals surface area contributed by atoms with E-state index in [1.807, 2.05) is 41.3 Å². The van der Waals surface area contributed by atoms with E-state index in [2.05, 4.69) is 63.3 Å². The van der Waals surface area contributed by atoms with Crippen molar-refractivity contribution in [2.75, 3.05) is 69.7 Å². The zero-order valence-electron chi connectivity index (χ0n) is 25.1. The van der Waals surface area contributed by atoms with Gasteiger partial charge in [0.2, 0.25) is 5.95 Å². The van der Waals surface area contributed by atoms with E-state index in [0.29, 0.717) is 32.3 Å². The van der Waals surface area contributed by atoms with Crippen LogP contribution < -0.4 is 15.0 Å². The molecule has 0 radical (unpaired) electrons. The highest BCUT2D eigenvalue weighted by molar-refractivity contribution is 5.93. The average molecular weight is 581 g/mol. The second kappa shape index (κ2) is 15.2. The van der Waals surface area contributed by atoms with E-state index in [9.17, 15) is 4.79 Å². The highest BCUT2D eigenvalue weighted by Gasteiger charge is 2.18. The molecule has 9 heteroatoms. The van der Waals surface area contributed by atoms with E-state index < -0.39 is 0 Å². The lowest BCUT2D eigenvalue weighted by Gasteiger charge is -2.26. The molecule has 0 aliphatic carbocycles. The van der Waals surface area contributed by atoms with Crippen LogP contribution in [0.5, 0.6) is 5.75 Å². The zero-order chi connectivity index (χ0) is 29.9. The van der Waals surface area contributed by atoms with Crippen LogP contribution >= 0.6 is 0 Å². The van der Waals surface area contributed by atoms with Crippen molar-refractivity contribution in [3.05, 3.63) is 72.4 Å². The van der Waals surface area contributed by atoms with Crippen LogP contribution in [0.2, 0.25) is 0 Å². The van der Waals surface area contributed by atoms with Crippen molar-refractivity contribution in [2.24, 2.45) is 0 Å². The standard InChI is InChI=1S/C34H40N6O3/c1-3-9-33(41)40-15-8-14-39(18-19-40)17-16-38(2)30-23-27-22-29(25-30)36-34-35-13-12-32(37-34)28-10-7-11-31(24-28)43-21-6-4-5-20-42-26-27/h4-5,7,10-13,22-25H,6,8,14-21,26H2,1-2H3,(H,35,36,37)/b5-4+. The first-order chi connectivity index (χ1) is 21.1. The Morgan fingerprint density at radius 1 is 1.09 bits per heavy atom. The lowest BCUT2D eigenvalue weighted by molar-refractivity contribution is -0.125. The molecule has 1 aromatic heterocycles. The van der Waals surface area contributed by atoms with Gasteiger partial charge < -0.3 is 24.6 Å². The molecular formula is C34H40N6O3. The first-order valence-corrected chi connectivity index (χ1v) is 14.9. The summed E-state index contributed by atoms with van der Waals surface area (Å²) in [6, 6.07) is 16.3. The molecule has 9 nitrogen and oxygen atoms in total. The fraction of sp³-hybridized carbons (Fsp3) is 0.382. The first kappa shape index (κ1) is 30.1. The molecule has 1 N–H and O–H groups in total. The molecule has 43 heavy (non-hydrogen) atoms. The predicted octanol–water partition coefficient (Wildman–Crippen LogP) is 4.74. The molecule has 1 fully saturated rings. The summed E-state index contributed by atoms with van der Waals surface area (Å²) in [6.45, 7) is 8.35. The highest BCUT2D eigenvalue weighted by Crippen LogP contribution is 2.27. The Hall–Kier alpha value is -4.39. The van der Waals surface area contributed by atoms with Gasteiger partial charge in [-0.1, -0.05) is 30.2 Å². The number of likely N-dealkylation sites (N-methyl/N-ethyl adjacent to an activating group) is 1. The number of ether oxygens (including phenoxy) is 2. The summed E-state index contributed by atoms with van der Waals surface area (Å²) in [5, 5.41) is 3.42. The number of aromatic nitrogens is 2. The van der Waals surface area contributed by atoms with Crippen LogP contribution in [-0.4, -0.2) is 85.2 Å². The number of benzene rings is 2. The molecule has 2 aliphatic heterocycles. The Balaban J connectivity index is 1.32. The van der Waals surface area contributed by atoms with Crippen molar-refractivity contribution in [1.29, 1.82) is 0 Å². The van der Waals surface area contributed by atoms with Gasteiger partial charge in [0.15, 0.2) is 0 Å². The summed E-state index contributed by atoms with van der Waals surface area (Å²) >= 11 is 0. The maximum absolute atomic E-state index is 12.2. The normalized spacial score (nSPS) is 16.7. The summed E-state index contributed by atoms with van der Waals surface area (Å²) in [5.41, 5.74) is 4.84. The van der Waals surface area contributed by atoms with Gasteiger partial charge in [0.1, 0.15) is 5.75 Å². The second-order valence-electron chi connectivity index (χ2n) is 10.7. The van der Waals surface area contributed by atoms with Gasteiger partial charge in [-0.25, -0.2) is 9.97 Å². The van der Waals surface area contributed by atoms with Gasteiger partial charge in [0.05, 0.1) is 25.5 Å². The molecule has 0 atom stereocenters. The van der Waals surface area contributed by atoms with Crippen molar-refractivity contribution in [1.82, 2.24) is 19.8 Å². The van der Waals surface area contributed by atoms with Gasteiger partial charge in [-0.15, -0.1) is 0 Å². The molecule has 3 heterocycles. The fourth-order valence-electron chi connectivity index (χ4n) is 5.18. The topological polar surface area (TPSA) is 83.1 Å². The van der Waals surface area contributed by atoms with Crippen LogP contribution in [0.4, 0.5) is 17.3 Å². The monoisotopic (exact) mass is 580 g/mol. The summed E-state index contributed by atoms with van der Waals surface area (Å²) in [6.07, 6.45) is 7.66. The molecule has 6 bridgehead atoms. The Morgan fingerprint density at radius 3 is 2.93 bits per heavy atom. The second-order valence-corrected chi connectivity index (χ2v) is 10.7. The quantitative estimate of drug-likeness (QED) is 0.350. The van der Waals surface area contributed by atoms with Crippen LogP contribution in [0.3, 0.4) is 0 Å². The third kappa shape index (κ3) is 8.80. The fourth-order valence-corrected chi connectivity index (χ4v) is 5.18. The molecule has 0 unspecified atom stereocenters. The van der Waals surface area contributed by atoms with Gasteiger partial charge >= 0.3 is 0 Å². The number of carbonyl (C=O) groups excluding carboxylic acids is 1. The van der Waals surface area contributed by atoms with E-state index in [4.69, 9.17) is 14.5 Å². The minimum atomic E-state index is -0.0729. The maximum Gasteiger partial charge on any atom is 0.298 e. The van der Waals surface area contributed by atoms with E-state index in [0.717, 1.165) is 79.5 Å². The largest absolute Gasteiger partial charge is 0.493 e. The first-order valence-electron chi connectivity index (χ1n) is 14.9. The summed E-state index contributed by atoms with van der Waals surface area (Å²) in [5.74, 6) is 6.66. The van der Waals surface area contributed by atoms with Crippen molar-refractivity contribution in [2.45, 2.75) is 26.4 Å². The van der Waals surface area contributed by atoms with Gasteiger partial charge in [0, 0.05) is 62.9 Å². The van der Waals surface area contributed by atoms with Crippen LogP contribution in [0, 0.1) is 11.8 Å².